The van der Waals surface area contributed by atoms with Crippen LogP contribution in [0.2, 0.25) is 0 Å². The van der Waals surface area contributed by atoms with Gasteiger partial charge in [-0.3, -0.25) is 9.59 Å². The Labute approximate surface area is 213 Å². The highest BCUT2D eigenvalue weighted by Crippen LogP contribution is 2.46. The summed E-state index contributed by atoms with van der Waals surface area (Å²) in [7, 11) is 0. The molecule has 4 rings (SSSR count). The summed E-state index contributed by atoms with van der Waals surface area (Å²) in [5, 5.41) is 79.7. The van der Waals surface area contributed by atoms with Gasteiger partial charge in [0.1, 0.15) is 54.5 Å². The quantitative estimate of drug-likeness (QED) is 0.0980. The van der Waals surface area contributed by atoms with Crippen molar-refractivity contribution < 1.29 is 69.4 Å². The van der Waals surface area contributed by atoms with Crippen LogP contribution < -0.4 is 0 Å². The first-order chi connectivity index (χ1) is 17.9. The minimum Gasteiger partial charge on any atom is -0.571 e. The van der Waals surface area contributed by atoms with Crippen LogP contribution in [0.15, 0.2) is 36.1 Å². The summed E-state index contributed by atoms with van der Waals surface area (Å²) in [6, 6.07) is 6.12. The topological polar surface area (TPSA) is 236 Å². The van der Waals surface area contributed by atoms with Gasteiger partial charge in [-0.1, -0.05) is 0 Å². The fraction of sp³-hybridized carbons (Fsp3) is 0.333. The molecule has 6 atom stereocenters. The lowest BCUT2D eigenvalue weighted by Crippen LogP contribution is -2.59. The molecule has 2 heterocycles. The first-order valence-corrected chi connectivity index (χ1v) is 11.2. The molecule has 9 N–H and O–H groups in total. The van der Waals surface area contributed by atoms with Gasteiger partial charge >= 0.3 is 11.9 Å². The van der Waals surface area contributed by atoms with E-state index >= 15 is 0 Å². The molecule has 2 aliphatic heterocycles. The molecule has 0 aliphatic carbocycles. The maximum absolute atomic E-state index is 11.6. The molecule has 14 heteroatoms. The number of esters is 1. The van der Waals surface area contributed by atoms with Crippen molar-refractivity contribution in [3.05, 3.63) is 47.2 Å². The fourth-order valence-corrected chi connectivity index (χ4v) is 3.97. The van der Waals surface area contributed by atoms with Gasteiger partial charge < -0.3 is 59.8 Å². The number of aliphatic hydroxyl groups excluding tert-OH is 3. The Bertz CT molecular complexity index is 1260. The molecule has 0 radical (unpaired) electrons. The number of aliphatic hydroxyl groups is 4. The Kier molecular flexibility index (Phi) is 7.50. The van der Waals surface area contributed by atoms with E-state index < -0.39 is 73.3 Å². The largest absolute Gasteiger partial charge is 0.571 e. The van der Waals surface area contributed by atoms with E-state index in [0.717, 1.165) is 6.07 Å². The Morgan fingerprint density at radius 3 is 2.34 bits per heavy atom. The number of fused-ring (bicyclic) bond motifs is 1. The third-order valence-corrected chi connectivity index (χ3v) is 5.89. The van der Waals surface area contributed by atoms with E-state index in [1.807, 2.05) is 0 Å². The summed E-state index contributed by atoms with van der Waals surface area (Å²) >= 11 is 0. The number of carbonyl (C=O) groups is 2. The van der Waals surface area contributed by atoms with Crippen molar-refractivity contribution in [2.24, 2.45) is 0 Å². The Morgan fingerprint density at radius 1 is 0.921 bits per heavy atom. The summed E-state index contributed by atoms with van der Waals surface area (Å²) in [5.74, 6) is -4.00. The number of ether oxygens (including phenoxy) is 4. The normalized spacial score (nSPS) is 26.4. The van der Waals surface area contributed by atoms with Crippen LogP contribution in [-0.2, 0) is 23.8 Å². The van der Waals surface area contributed by atoms with E-state index in [1.165, 1.54) is 30.3 Å². The summed E-state index contributed by atoms with van der Waals surface area (Å²) in [4.78, 5) is 22.2. The second kappa shape index (κ2) is 10.6. The second-order valence-corrected chi connectivity index (χ2v) is 8.61. The van der Waals surface area contributed by atoms with E-state index in [-0.39, 0.29) is 34.1 Å². The number of carboxylic acids is 1. The van der Waals surface area contributed by atoms with Crippen molar-refractivity contribution in [2.45, 2.75) is 43.2 Å². The van der Waals surface area contributed by atoms with E-state index in [4.69, 9.17) is 19.3 Å². The summed E-state index contributed by atoms with van der Waals surface area (Å²) in [5.41, 5.74) is 0.409. The molecule has 2 aliphatic rings. The zero-order valence-corrected chi connectivity index (χ0v) is 19.4. The lowest BCUT2D eigenvalue weighted by atomic mass is 9.98. The predicted molar refractivity (Wildman–Crippen MR) is 123 cm³/mol. The number of carbonyl (C=O) groups excluding carboxylic acids is 1. The van der Waals surface area contributed by atoms with Crippen molar-refractivity contribution in [3.63, 3.8) is 0 Å². The number of phenols is 4. The molecule has 0 amide bonds. The van der Waals surface area contributed by atoms with Gasteiger partial charge in [-0.05, 0) is 18.2 Å². The van der Waals surface area contributed by atoms with Crippen molar-refractivity contribution in [1.82, 2.24) is 0 Å². The molecule has 2 aromatic carbocycles. The van der Waals surface area contributed by atoms with Gasteiger partial charge in [-0.2, -0.15) is 0 Å². The van der Waals surface area contributed by atoms with Gasteiger partial charge in [0.25, 0.3) is 11.9 Å². The van der Waals surface area contributed by atoms with Crippen LogP contribution in [0.4, 0.5) is 0 Å². The second-order valence-electron chi connectivity index (χ2n) is 8.61. The van der Waals surface area contributed by atoms with Gasteiger partial charge in [-0.25, -0.2) is 0 Å². The molecular formula is C24H25O14+. The molecule has 0 bridgehead atoms. The lowest BCUT2D eigenvalue weighted by Gasteiger charge is -2.40. The standard InChI is InChI=1S/C24H24O14/c25-10-4-13(27)11-6-16(23(36-15(11)5-10)9-1-2-12(26)14(28)3-9)37-24-22(34)21(33)20(32)17(38-24)8-35-19(31)7-18(29)30/h1-6,17,20-28,32-34H,7-8H2,(H,29,30)/p+1/t17?,20-,21?,22?,23?,24-/m1/s1. The lowest BCUT2D eigenvalue weighted by molar-refractivity contribution is -0.296. The molecule has 0 saturated carbocycles. The number of aliphatic carboxylic acids is 1. The highest BCUT2D eigenvalue weighted by atomic mass is 16.7. The van der Waals surface area contributed by atoms with Crippen molar-refractivity contribution in [2.75, 3.05) is 6.61 Å². The molecule has 14 nitrogen and oxygen atoms in total. The van der Waals surface area contributed by atoms with Crippen LogP contribution in [0.25, 0.3) is 6.08 Å². The maximum Gasteiger partial charge on any atom is 0.317 e. The third-order valence-electron chi connectivity index (χ3n) is 5.89. The van der Waals surface area contributed by atoms with E-state index in [9.17, 15) is 45.3 Å². The van der Waals surface area contributed by atoms with Gasteiger partial charge in [0.15, 0.2) is 17.3 Å². The third kappa shape index (κ3) is 5.52. The molecule has 1 fully saturated rings. The van der Waals surface area contributed by atoms with Crippen LogP contribution in [0.1, 0.15) is 23.7 Å². The van der Waals surface area contributed by atoms with E-state index in [1.54, 1.807) is 0 Å². The molecule has 204 valence electrons. The summed E-state index contributed by atoms with van der Waals surface area (Å²) in [6.07, 6.45) is -9.17. The molecular weight excluding hydrogens is 512 g/mol. The Morgan fingerprint density at radius 2 is 1.66 bits per heavy atom. The van der Waals surface area contributed by atoms with Gasteiger partial charge in [-0.15, -0.1) is 0 Å². The number of rotatable bonds is 7. The number of carboxylic acid groups (broad SMARTS) is 1. The SMILES string of the molecule is O=C(O)CC(=O)OCC1O[C@@H](OC2=Cc3c(O)cc(O)cc3[OH+]C2c2ccc(O)c(O)c2)C(O)C(O)[C@@H]1O. The highest BCUT2D eigenvalue weighted by molar-refractivity contribution is 5.90. The smallest absolute Gasteiger partial charge is 0.317 e. The van der Waals surface area contributed by atoms with Crippen LogP contribution in [0.3, 0.4) is 0 Å². The van der Waals surface area contributed by atoms with Gasteiger partial charge in [0.05, 0.1) is 11.6 Å². The summed E-state index contributed by atoms with van der Waals surface area (Å²) in [6.45, 7) is -0.668. The van der Waals surface area contributed by atoms with Crippen molar-refractivity contribution in [1.29, 1.82) is 0 Å². The number of hydrogen-bond donors (Lipinski definition) is 8. The first-order valence-electron chi connectivity index (χ1n) is 11.2. The van der Waals surface area contributed by atoms with E-state index in [2.05, 4.69) is 4.74 Å². The highest BCUT2D eigenvalue weighted by Gasteiger charge is 2.47. The molecule has 0 spiro atoms. The Balaban J connectivity index is 1.63. The molecule has 2 aromatic rings. The minimum atomic E-state index is -1.83. The Hall–Kier alpha value is -4.24. The van der Waals surface area contributed by atoms with Gasteiger partial charge in [0.2, 0.25) is 6.29 Å². The number of hydrogen-bond acceptors (Lipinski definition) is 12. The van der Waals surface area contributed by atoms with Crippen LogP contribution in [0, 0.1) is 0 Å². The first kappa shape index (κ1) is 26.8. The molecule has 0 aromatic heterocycles. The molecule has 4 unspecified atom stereocenters. The number of benzene rings is 2. The predicted octanol–water partition coefficient (Wildman–Crippen LogP) is -0.312. The maximum atomic E-state index is 11.6. The zero-order chi connectivity index (χ0) is 27.7. The fourth-order valence-electron chi connectivity index (χ4n) is 3.97. The van der Waals surface area contributed by atoms with Crippen molar-refractivity contribution >= 4 is 18.0 Å². The van der Waals surface area contributed by atoms with E-state index in [0.29, 0.717) is 0 Å². The van der Waals surface area contributed by atoms with Crippen LogP contribution in [0.5, 0.6) is 28.7 Å². The van der Waals surface area contributed by atoms with Crippen LogP contribution >= 0.6 is 0 Å². The van der Waals surface area contributed by atoms with Gasteiger partial charge in [0, 0.05) is 12.1 Å². The summed E-state index contributed by atoms with van der Waals surface area (Å²) < 4.78 is 20.6. The zero-order valence-electron chi connectivity index (χ0n) is 19.4. The number of aromatic hydroxyl groups is 5. The molecule has 1 saturated heterocycles. The number of phenolic OH excluding ortho intramolecular Hbond substituents is 4. The van der Waals surface area contributed by atoms with Crippen LogP contribution in [-0.4, -0.2) is 94.8 Å². The monoisotopic (exact) mass is 537 g/mol. The average Bonchev–Trinajstić information content (AvgIpc) is 2.84. The molecule has 38 heavy (non-hydrogen) atoms. The minimum absolute atomic E-state index is 0.0714. The average molecular weight is 537 g/mol. The van der Waals surface area contributed by atoms with Crippen molar-refractivity contribution in [3.8, 4) is 28.7 Å².